The molecule has 2 saturated heterocycles. The van der Waals surface area contributed by atoms with Gasteiger partial charge in [-0.2, -0.15) is 5.10 Å². The van der Waals surface area contributed by atoms with Crippen LogP contribution in [0.2, 0.25) is 0 Å². The minimum absolute atomic E-state index is 0.0513. The fraction of sp³-hybridized carbons (Fsp3) is 0.385. The Labute approximate surface area is 195 Å². The van der Waals surface area contributed by atoms with Crippen molar-refractivity contribution in [1.29, 1.82) is 0 Å². The van der Waals surface area contributed by atoms with Gasteiger partial charge in [-0.3, -0.25) is 5.10 Å². The molecule has 34 heavy (non-hydrogen) atoms. The van der Waals surface area contributed by atoms with E-state index in [0.29, 0.717) is 31.8 Å². The normalized spacial score (nSPS) is 21.6. The molecule has 2 fully saturated rings. The number of aromatic nitrogens is 3. The maximum atomic E-state index is 14.2. The van der Waals surface area contributed by atoms with Gasteiger partial charge in [0.15, 0.2) is 6.10 Å². The number of benzene rings is 2. The first-order valence-corrected chi connectivity index (χ1v) is 11.7. The second kappa shape index (κ2) is 8.21. The van der Waals surface area contributed by atoms with Crippen LogP contribution in [-0.4, -0.2) is 51.8 Å². The third-order valence-electron chi connectivity index (χ3n) is 7.29. The highest BCUT2D eigenvalue weighted by Gasteiger charge is 2.37. The van der Waals surface area contributed by atoms with Gasteiger partial charge in [0.2, 0.25) is 0 Å². The van der Waals surface area contributed by atoms with Crippen molar-refractivity contribution in [2.24, 2.45) is 0 Å². The highest BCUT2D eigenvalue weighted by Crippen LogP contribution is 2.45. The number of aliphatic carboxylic acids is 1. The minimum Gasteiger partial charge on any atom is -0.479 e. The van der Waals surface area contributed by atoms with Crippen molar-refractivity contribution in [2.75, 3.05) is 19.8 Å². The highest BCUT2D eigenvalue weighted by molar-refractivity contribution is 5.99. The molecule has 2 aliphatic heterocycles. The molecule has 2 aromatic heterocycles. The van der Waals surface area contributed by atoms with Gasteiger partial charge < -0.3 is 19.1 Å². The molecule has 4 heterocycles. The number of H-pyrrole nitrogens is 1. The number of aryl methyl sites for hydroxylation is 1. The van der Waals surface area contributed by atoms with Gasteiger partial charge in [0.25, 0.3) is 0 Å². The Hall–Kier alpha value is -3.23. The summed E-state index contributed by atoms with van der Waals surface area (Å²) >= 11 is 0. The summed E-state index contributed by atoms with van der Waals surface area (Å²) in [4.78, 5) is 11.7. The van der Waals surface area contributed by atoms with Crippen molar-refractivity contribution in [3.63, 3.8) is 0 Å². The van der Waals surface area contributed by atoms with Crippen LogP contribution in [0.5, 0.6) is 0 Å². The zero-order chi connectivity index (χ0) is 23.4. The number of rotatable bonds is 4. The average molecular weight is 464 g/mol. The molecule has 6 rings (SSSR count). The third kappa shape index (κ3) is 3.40. The molecule has 2 N–H and O–H groups in total. The third-order valence-corrected chi connectivity index (χ3v) is 7.29. The van der Waals surface area contributed by atoms with Crippen molar-refractivity contribution in [3.8, 4) is 5.69 Å². The van der Waals surface area contributed by atoms with Gasteiger partial charge in [0.05, 0.1) is 23.8 Å². The topological polar surface area (TPSA) is 89.4 Å². The lowest BCUT2D eigenvalue weighted by molar-refractivity contribution is -0.147. The Balaban J connectivity index is 1.66. The van der Waals surface area contributed by atoms with Crippen LogP contribution in [-0.2, 0) is 14.3 Å². The molecule has 0 amide bonds. The fourth-order valence-corrected chi connectivity index (χ4v) is 5.62. The van der Waals surface area contributed by atoms with E-state index < -0.39 is 12.1 Å². The van der Waals surface area contributed by atoms with Gasteiger partial charge in [0, 0.05) is 47.2 Å². The Bertz CT molecular complexity index is 1400. The van der Waals surface area contributed by atoms with E-state index >= 15 is 0 Å². The number of aromatic amines is 1. The summed E-state index contributed by atoms with van der Waals surface area (Å²) in [5.74, 6) is -0.978. The zero-order valence-electron chi connectivity index (χ0n) is 18.9. The van der Waals surface area contributed by atoms with Crippen molar-refractivity contribution in [2.45, 2.75) is 44.1 Å². The van der Waals surface area contributed by atoms with Crippen LogP contribution in [0.25, 0.3) is 27.5 Å². The first-order valence-electron chi connectivity index (χ1n) is 11.7. The summed E-state index contributed by atoms with van der Waals surface area (Å²) < 4.78 is 27.8. The molecule has 0 spiro atoms. The van der Waals surface area contributed by atoms with E-state index in [-0.39, 0.29) is 17.7 Å². The van der Waals surface area contributed by atoms with Crippen molar-refractivity contribution in [1.82, 2.24) is 14.8 Å². The highest BCUT2D eigenvalue weighted by atomic mass is 19.1. The molecule has 2 aliphatic rings. The number of hydrogen-bond acceptors (Lipinski definition) is 4. The number of carbonyl (C=O) groups is 1. The van der Waals surface area contributed by atoms with Crippen LogP contribution in [0.3, 0.4) is 0 Å². The van der Waals surface area contributed by atoms with Gasteiger partial charge in [0.1, 0.15) is 5.82 Å². The molecule has 2 atom stereocenters. The average Bonchev–Trinajstić information content (AvgIpc) is 3.56. The molecule has 0 aliphatic carbocycles. The van der Waals surface area contributed by atoms with E-state index in [2.05, 4.69) is 26.9 Å². The van der Waals surface area contributed by atoms with Crippen LogP contribution >= 0.6 is 0 Å². The molecule has 0 saturated carbocycles. The smallest absolute Gasteiger partial charge is 0.332 e. The molecule has 176 valence electrons. The predicted molar refractivity (Wildman–Crippen MR) is 125 cm³/mol. The first-order chi connectivity index (χ1) is 16.5. The van der Waals surface area contributed by atoms with Crippen LogP contribution in [0.1, 0.15) is 47.9 Å². The predicted octanol–water partition coefficient (Wildman–Crippen LogP) is 4.81. The lowest BCUT2D eigenvalue weighted by atomic mass is 9.86. The number of fused-ring (bicyclic) bond motifs is 2. The minimum atomic E-state index is -0.927. The number of nitrogens with zero attached hydrogens (tertiary/aromatic N) is 2. The van der Waals surface area contributed by atoms with Gasteiger partial charge in [-0.25, -0.2) is 9.18 Å². The molecule has 7 nitrogen and oxygen atoms in total. The van der Waals surface area contributed by atoms with E-state index in [1.54, 1.807) is 13.1 Å². The zero-order valence-corrected chi connectivity index (χ0v) is 18.9. The van der Waals surface area contributed by atoms with Crippen LogP contribution < -0.4 is 0 Å². The van der Waals surface area contributed by atoms with Crippen molar-refractivity contribution < 1.29 is 23.8 Å². The number of carboxylic acid groups (broad SMARTS) is 1. The number of ether oxygens (including phenoxy) is 2. The van der Waals surface area contributed by atoms with E-state index in [0.717, 1.165) is 51.6 Å². The Morgan fingerprint density at radius 1 is 1.21 bits per heavy atom. The van der Waals surface area contributed by atoms with Crippen LogP contribution in [0, 0.1) is 12.7 Å². The number of hydrogen-bond donors (Lipinski definition) is 2. The second-order valence-corrected chi connectivity index (χ2v) is 9.37. The van der Waals surface area contributed by atoms with Gasteiger partial charge >= 0.3 is 5.97 Å². The van der Waals surface area contributed by atoms with Crippen molar-refractivity contribution in [3.05, 3.63) is 59.2 Å². The quantitative estimate of drug-likeness (QED) is 0.454. The molecule has 0 unspecified atom stereocenters. The van der Waals surface area contributed by atoms with Crippen LogP contribution in [0.15, 0.2) is 36.5 Å². The van der Waals surface area contributed by atoms with Crippen LogP contribution in [0.4, 0.5) is 4.39 Å². The summed E-state index contributed by atoms with van der Waals surface area (Å²) in [6, 6.07) is 9.44. The summed E-state index contributed by atoms with van der Waals surface area (Å²) in [6.45, 7) is 3.49. The lowest BCUT2D eigenvalue weighted by Gasteiger charge is -2.27. The standard InChI is InChI=1S/C26H26FN3O4/c1-14-8-18(2-3-20(14)27)30-22-9-16-12-28-29-21(16)11-19(22)24(17-10-23(26(31)32)34-13-17)25(30)15-4-6-33-7-5-15/h2-3,8-9,11-12,15,17,23H,4-7,10,13H2,1H3,(H,28,29)(H,31,32)/t17-,23+/m1/s1. The van der Waals surface area contributed by atoms with Gasteiger partial charge in [-0.05, 0) is 67.6 Å². The summed E-state index contributed by atoms with van der Waals surface area (Å²) in [5.41, 5.74) is 5.70. The monoisotopic (exact) mass is 463 g/mol. The molecular formula is C26H26FN3O4. The maximum absolute atomic E-state index is 14.2. The largest absolute Gasteiger partial charge is 0.479 e. The second-order valence-electron chi connectivity index (χ2n) is 9.37. The molecule has 8 heteroatoms. The molecule has 0 radical (unpaired) electrons. The van der Waals surface area contributed by atoms with E-state index in [1.165, 1.54) is 6.07 Å². The summed E-state index contributed by atoms with van der Waals surface area (Å²) in [6.07, 6.45) is 3.16. The van der Waals surface area contributed by atoms with Gasteiger partial charge in [-0.1, -0.05) is 0 Å². The fourth-order valence-electron chi connectivity index (χ4n) is 5.62. The summed E-state index contributed by atoms with van der Waals surface area (Å²) in [5, 5.41) is 18.9. The molecule has 0 bridgehead atoms. The van der Waals surface area contributed by atoms with Crippen molar-refractivity contribution >= 4 is 27.8 Å². The maximum Gasteiger partial charge on any atom is 0.332 e. The SMILES string of the molecule is Cc1cc(-n2c(C3CCOCC3)c([C@H]3CO[C@H](C(=O)O)C3)c3cc4[nH]ncc4cc32)ccc1F. The number of carboxylic acids is 1. The first kappa shape index (κ1) is 21.3. The summed E-state index contributed by atoms with van der Waals surface area (Å²) in [7, 11) is 0. The lowest BCUT2D eigenvalue weighted by Crippen LogP contribution is -2.20. The Morgan fingerprint density at radius 2 is 2.03 bits per heavy atom. The molecular weight excluding hydrogens is 437 g/mol. The van der Waals surface area contributed by atoms with Gasteiger partial charge in [-0.15, -0.1) is 0 Å². The molecule has 2 aromatic carbocycles. The van der Waals surface area contributed by atoms with E-state index in [4.69, 9.17) is 9.47 Å². The van der Waals surface area contributed by atoms with E-state index in [1.807, 2.05) is 12.1 Å². The number of nitrogens with one attached hydrogen (secondary N) is 1. The Kier molecular flexibility index (Phi) is 5.15. The Morgan fingerprint density at radius 3 is 2.76 bits per heavy atom. The van der Waals surface area contributed by atoms with E-state index in [9.17, 15) is 14.3 Å². The molecule has 4 aromatic rings. The number of halogens is 1.